The summed E-state index contributed by atoms with van der Waals surface area (Å²) in [6.07, 6.45) is 0. The number of amidine groups is 1. The van der Waals surface area contributed by atoms with E-state index in [2.05, 4.69) is 16.5 Å². The minimum atomic E-state index is -0.281. The molecule has 0 saturated carbocycles. The second-order valence-corrected chi connectivity index (χ2v) is 6.60. The Morgan fingerprint density at radius 1 is 1.00 bits per heavy atom. The van der Waals surface area contributed by atoms with Crippen LogP contribution in [0.3, 0.4) is 0 Å². The molecule has 1 aliphatic rings. The minimum Gasteiger partial charge on any atom is -0.698 e. The molecule has 3 nitrogen and oxygen atoms in total. The van der Waals surface area contributed by atoms with Gasteiger partial charge in [-0.2, -0.15) is 0 Å². The minimum absolute atomic E-state index is 0. The fourth-order valence-electron chi connectivity index (χ4n) is 3.34. The van der Waals surface area contributed by atoms with Crippen LogP contribution in [0.4, 0.5) is 15.8 Å². The second kappa shape index (κ2) is 8.72. The summed E-state index contributed by atoms with van der Waals surface area (Å²) >= 11 is 0. The molecule has 5 heteroatoms. The number of hydrogen-bond acceptors (Lipinski definition) is 2. The van der Waals surface area contributed by atoms with Crippen LogP contribution in [0.2, 0.25) is 0 Å². The first kappa shape index (κ1) is 21.0. The standard InChI is InChI=1S/C23H19FN3.K/c1-15-20-5-3-4-6-23(20)26-16(2)27(15)14-17-7-12-22(25)21(13-17)18-8-10-19(24)11-9-18;/h3-13,25H,1,14H2,2H3;/q-1;+1. The first-order valence-corrected chi connectivity index (χ1v) is 8.74. The number of nitrogens with zero attached hydrogens (tertiary/aromatic N) is 2. The maximum Gasteiger partial charge on any atom is 1.00 e. The Hall–Kier alpha value is -1.76. The number of aliphatic imine (C=N–C) groups is 1. The third kappa shape index (κ3) is 4.14. The Bertz CT molecular complexity index is 1060. The van der Waals surface area contributed by atoms with Crippen molar-refractivity contribution in [1.82, 2.24) is 4.90 Å². The predicted molar refractivity (Wildman–Crippen MR) is 110 cm³/mol. The van der Waals surface area contributed by atoms with Crippen LogP contribution in [-0.4, -0.2) is 10.7 Å². The Morgan fingerprint density at radius 2 is 1.71 bits per heavy atom. The molecule has 4 rings (SSSR count). The molecular weight excluding hydrogens is 376 g/mol. The van der Waals surface area contributed by atoms with E-state index in [-0.39, 0.29) is 57.2 Å². The zero-order valence-electron chi connectivity index (χ0n) is 16.0. The van der Waals surface area contributed by atoms with Gasteiger partial charge in [-0.15, -0.1) is 5.69 Å². The Morgan fingerprint density at radius 3 is 2.46 bits per heavy atom. The Labute approximate surface area is 207 Å². The van der Waals surface area contributed by atoms with Crippen molar-refractivity contribution in [2.45, 2.75) is 13.5 Å². The molecule has 1 heterocycles. The van der Waals surface area contributed by atoms with Gasteiger partial charge in [0.1, 0.15) is 11.7 Å². The number of rotatable bonds is 3. The van der Waals surface area contributed by atoms with Crippen molar-refractivity contribution in [1.29, 1.82) is 0 Å². The van der Waals surface area contributed by atoms with E-state index in [4.69, 9.17) is 5.73 Å². The van der Waals surface area contributed by atoms with E-state index in [1.807, 2.05) is 43.3 Å². The molecule has 1 N–H and O–H groups in total. The van der Waals surface area contributed by atoms with Crippen LogP contribution >= 0.6 is 0 Å². The van der Waals surface area contributed by atoms with E-state index in [0.717, 1.165) is 39.5 Å². The fraction of sp³-hybridized carbons (Fsp3) is 0.0870. The largest absolute Gasteiger partial charge is 1.00 e. The summed E-state index contributed by atoms with van der Waals surface area (Å²) in [5.41, 5.74) is 14.2. The van der Waals surface area contributed by atoms with Gasteiger partial charge in [-0.3, -0.25) is 0 Å². The van der Waals surface area contributed by atoms with Gasteiger partial charge in [-0.25, -0.2) is 9.38 Å². The topological polar surface area (TPSA) is 39.4 Å². The summed E-state index contributed by atoms with van der Waals surface area (Å²) in [6, 6.07) is 19.9. The summed E-state index contributed by atoms with van der Waals surface area (Å²) < 4.78 is 13.2. The molecule has 0 spiro atoms. The van der Waals surface area contributed by atoms with Gasteiger partial charge < -0.3 is 10.6 Å². The molecule has 3 aromatic carbocycles. The zero-order chi connectivity index (χ0) is 19.0. The number of para-hydroxylation sites is 1. The van der Waals surface area contributed by atoms with Gasteiger partial charge in [0.05, 0.1) is 5.69 Å². The average molecular weight is 396 g/mol. The molecule has 0 aliphatic carbocycles. The van der Waals surface area contributed by atoms with Crippen LogP contribution in [0.1, 0.15) is 18.1 Å². The molecule has 0 aromatic heterocycles. The normalized spacial score (nSPS) is 12.9. The average Bonchev–Trinajstić information content (AvgIpc) is 2.67. The molecule has 0 atom stereocenters. The summed E-state index contributed by atoms with van der Waals surface area (Å²) in [5, 5.41) is 0. The first-order chi connectivity index (χ1) is 13.0. The molecular formula is C23H19FKN3. The van der Waals surface area contributed by atoms with Crippen LogP contribution in [0.5, 0.6) is 0 Å². The number of benzene rings is 3. The van der Waals surface area contributed by atoms with Gasteiger partial charge >= 0.3 is 51.4 Å². The Balaban J connectivity index is 0.00000225. The number of fused-ring (bicyclic) bond motifs is 1. The van der Waals surface area contributed by atoms with Gasteiger partial charge in [0, 0.05) is 17.8 Å². The molecule has 0 unspecified atom stereocenters. The van der Waals surface area contributed by atoms with Crippen molar-refractivity contribution in [3.05, 3.63) is 96.0 Å². The summed E-state index contributed by atoms with van der Waals surface area (Å²) in [7, 11) is 0. The van der Waals surface area contributed by atoms with Crippen molar-refractivity contribution in [2.24, 2.45) is 4.99 Å². The quantitative estimate of drug-likeness (QED) is 0.623. The van der Waals surface area contributed by atoms with E-state index in [1.165, 1.54) is 12.1 Å². The summed E-state index contributed by atoms with van der Waals surface area (Å²) in [4.78, 5) is 6.76. The zero-order valence-corrected chi connectivity index (χ0v) is 19.2. The van der Waals surface area contributed by atoms with Crippen LogP contribution in [0.15, 0.2) is 78.3 Å². The van der Waals surface area contributed by atoms with E-state index in [9.17, 15) is 4.39 Å². The third-order valence-electron chi connectivity index (χ3n) is 4.79. The maximum atomic E-state index is 13.2. The molecule has 0 saturated heterocycles. The number of nitrogens with one attached hydrogen (secondary N) is 1. The van der Waals surface area contributed by atoms with E-state index < -0.39 is 0 Å². The SMILES string of the molecule is C=C1c2ccccc2N=C(C)N1Cc1ccc([NH-])c(-c2ccc(F)cc2)c1.[K+]. The van der Waals surface area contributed by atoms with Gasteiger partial charge in [0.2, 0.25) is 0 Å². The van der Waals surface area contributed by atoms with E-state index >= 15 is 0 Å². The number of halogens is 1. The summed E-state index contributed by atoms with van der Waals surface area (Å²) in [5.74, 6) is 0.605. The van der Waals surface area contributed by atoms with Crippen molar-refractivity contribution >= 4 is 22.9 Å². The van der Waals surface area contributed by atoms with Crippen molar-refractivity contribution in [2.75, 3.05) is 0 Å². The molecule has 28 heavy (non-hydrogen) atoms. The smallest absolute Gasteiger partial charge is 0.698 e. The molecule has 0 bridgehead atoms. The van der Waals surface area contributed by atoms with Crippen LogP contribution < -0.4 is 51.4 Å². The maximum absolute atomic E-state index is 13.2. The van der Waals surface area contributed by atoms with Gasteiger partial charge in [-0.05, 0) is 41.8 Å². The molecule has 0 fully saturated rings. The molecule has 0 amide bonds. The van der Waals surface area contributed by atoms with Crippen LogP contribution in [0.25, 0.3) is 22.6 Å². The fourth-order valence-corrected chi connectivity index (χ4v) is 3.34. The molecule has 3 aromatic rings. The predicted octanol–water partition coefficient (Wildman–Crippen LogP) is 3.72. The monoisotopic (exact) mass is 395 g/mol. The third-order valence-corrected chi connectivity index (χ3v) is 4.79. The van der Waals surface area contributed by atoms with Gasteiger partial charge in [-0.1, -0.05) is 55.1 Å². The Kier molecular flexibility index (Phi) is 6.53. The van der Waals surface area contributed by atoms with Gasteiger partial charge in [0.25, 0.3) is 0 Å². The van der Waals surface area contributed by atoms with Crippen LogP contribution in [0, 0.1) is 5.82 Å². The molecule has 1 aliphatic heterocycles. The second-order valence-electron chi connectivity index (χ2n) is 6.60. The van der Waals surface area contributed by atoms with Crippen LogP contribution in [-0.2, 0) is 6.54 Å². The van der Waals surface area contributed by atoms with Gasteiger partial charge in [0.15, 0.2) is 0 Å². The molecule has 0 radical (unpaired) electrons. The van der Waals surface area contributed by atoms with Crippen molar-refractivity contribution in [3.8, 4) is 11.1 Å². The van der Waals surface area contributed by atoms with Crippen molar-refractivity contribution in [3.63, 3.8) is 0 Å². The molecule has 134 valence electrons. The van der Waals surface area contributed by atoms with E-state index in [0.29, 0.717) is 12.2 Å². The first-order valence-electron chi connectivity index (χ1n) is 8.74. The summed E-state index contributed by atoms with van der Waals surface area (Å²) in [6.45, 7) is 6.84. The number of hydrogen-bond donors (Lipinski definition) is 0. The van der Waals surface area contributed by atoms with Crippen molar-refractivity contribution < 1.29 is 55.8 Å². The van der Waals surface area contributed by atoms with E-state index in [1.54, 1.807) is 18.2 Å².